The van der Waals surface area contributed by atoms with Crippen LogP contribution in [-0.2, 0) is 0 Å². The van der Waals surface area contributed by atoms with Gasteiger partial charge >= 0.3 is 0 Å². The average Bonchev–Trinajstić information content (AvgIpc) is 1.64. The van der Waals surface area contributed by atoms with Crippen molar-refractivity contribution in [3.63, 3.8) is 0 Å². The van der Waals surface area contributed by atoms with Crippen LogP contribution in [0.3, 0.4) is 0 Å². The van der Waals surface area contributed by atoms with E-state index in [2.05, 4.69) is 50.3 Å². The van der Waals surface area contributed by atoms with E-state index in [4.69, 9.17) is 0 Å². The smallest absolute Gasteiger partial charge is 0.00821 e. The summed E-state index contributed by atoms with van der Waals surface area (Å²) in [5, 5.41) is 0. The number of allylic oxidation sites excluding steroid dienone is 2. The number of halogens is 1. The molecule has 0 unspecified atom stereocenters. The fraction of sp³-hybridized carbons (Fsp3) is 0.714. The fourth-order valence-corrected chi connectivity index (χ4v) is 0.577. The summed E-state index contributed by atoms with van der Waals surface area (Å²) in [6, 6.07) is 0. The minimum Gasteiger partial charge on any atom is -0.0669 e. The molecule has 1 heteroatoms. The Morgan fingerprint density at radius 1 is 1.25 bits per heavy atom. The summed E-state index contributed by atoms with van der Waals surface area (Å²) in [5.74, 6) is 0.709. The number of hydrogen-bond acceptors (Lipinski definition) is 0. The molecule has 0 aromatic rings. The van der Waals surface area contributed by atoms with Crippen LogP contribution < -0.4 is 0 Å². The first-order chi connectivity index (χ1) is 3.55. The molecule has 0 heterocycles. The lowest BCUT2D eigenvalue weighted by atomic mass is 10.1. The number of hydrogen-bond donors (Lipinski definition) is 0. The van der Waals surface area contributed by atoms with Crippen molar-refractivity contribution in [1.82, 2.24) is 0 Å². The van der Waals surface area contributed by atoms with Gasteiger partial charge in [-0.25, -0.2) is 0 Å². The molecule has 0 atom stereocenters. The van der Waals surface area contributed by atoms with Crippen LogP contribution in [0.4, 0.5) is 0 Å². The zero-order valence-corrected chi connectivity index (χ0v) is 8.11. The normalized spacial score (nSPS) is 9.75. The van der Waals surface area contributed by atoms with Gasteiger partial charge in [0.2, 0.25) is 0 Å². The van der Waals surface area contributed by atoms with Crippen molar-refractivity contribution in [2.45, 2.75) is 27.7 Å². The predicted molar refractivity (Wildman–Crippen MR) is 47.2 cm³/mol. The minimum atomic E-state index is 0.709. The van der Waals surface area contributed by atoms with Crippen molar-refractivity contribution in [3.05, 3.63) is 9.15 Å². The molecule has 8 heavy (non-hydrogen) atoms. The molecular weight excluding hydrogens is 211 g/mol. The van der Waals surface area contributed by atoms with Crippen LogP contribution in [0.1, 0.15) is 27.7 Å². The van der Waals surface area contributed by atoms with Crippen molar-refractivity contribution < 1.29 is 0 Å². The molecule has 0 saturated carbocycles. The average molecular weight is 224 g/mol. The highest BCUT2D eigenvalue weighted by atomic mass is 127. The topological polar surface area (TPSA) is 0 Å². The zero-order valence-electron chi connectivity index (χ0n) is 5.96. The molecule has 0 bridgehead atoms. The quantitative estimate of drug-likeness (QED) is 0.599. The molecule has 0 aromatic carbocycles. The van der Waals surface area contributed by atoms with Crippen molar-refractivity contribution in [2.24, 2.45) is 5.92 Å². The Morgan fingerprint density at radius 3 is 1.62 bits per heavy atom. The van der Waals surface area contributed by atoms with Gasteiger partial charge in [-0.1, -0.05) is 19.4 Å². The van der Waals surface area contributed by atoms with Crippen LogP contribution >= 0.6 is 22.6 Å². The van der Waals surface area contributed by atoms with Crippen molar-refractivity contribution >= 4 is 22.6 Å². The molecule has 0 aliphatic rings. The van der Waals surface area contributed by atoms with Crippen LogP contribution in [0.25, 0.3) is 0 Å². The van der Waals surface area contributed by atoms with Gasteiger partial charge in [-0.15, -0.1) is 0 Å². The van der Waals surface area contributed by atoms with Gasteiger partial charge in [0.15, 0.2) is 0 Å². The molecule has 0 N–H and O–H groups in total. The van der Waals surface area contributed by atoms with Crippen LogP contribution in [0.15, 0.2) is 9.15 Å². The Morgan fingerprint density at radius 2 is 1.62 bits per heavy atom. The first kappa shape index (κ1) is 8.47. The molecule has 0 fully saturated rings. The third-order valence-electron chi connectivity index (χ3n) is 0.985. The molecule has 0 aromatic heterocycles. The lowest BCUT2D eigenvalue weighted by molar-refractivity contribution is 0.814. The van der Waals surface area contributed by atoms with Gasteiger partial charge in [-0.2, -0.15) is 0 Å². The summed E-state index contributed by atoms with van der Waals surface area (Å²) in [4.78, 5) is 0. The molecule has 48 valence electrons. The molecule has 0 saturated heterocycles. The lowest BCUT2D eigenvalue weighted by Crippen LogP contribution is -1.86. The molecule has 0 aliphatic carbocycles. The van der Waals surface area contributed by atoms with E-state index in [1.165, 1.54) is 9.15 Å². The van der Waals surface area contributed by atoms with E-state index >= 15 is 0 Å². The third kappa shape index (κ3) is 2.70. The summed E-state index contributed by atoms with van der Waals surface area (Å²) >= 11 is 2.40. The van der Waals surface area contributed by atoms with E-state index in [9.17, 15) is 0 Å². The minimum absolute atomic E-state index is 0.709. The number of rotatable bonds is 1. The van der Waals surface area contributed by atoms with Gasteiger partial charge in [-0.3, -0.25) is 0 Å². The summed E-state index contributed by atoms with van der Waals surface area (Å²) in [6.45, 7) is 8.74. The fourth-order valence-electron chi connectivity index (χ4n) is 0.577. The lowest BCUT2D eigenvalue weighted by Gasteiger charge is -2.03. The molecule has 0 spiro atoms. The molecule has 0 aliphatic heterocycles. The predicted octanol–water partition coefficient (Wildman–Crippen LogP) is 3.37. The van der Waals surface area contributed by atoms with Crippen molar-refractivity contribution in [3.8, 4) is 0 Å². The summed E-state index contributed by atoms with van der Waals surface area (Å²) in [7, 11) is 0. The Balaban J connectivity index is 4.00. The zero-order chi connectivity index (χ0) is 6.73. The van der Waals surface area contributed by atoms with Gasteiger partial charge in [0.25, 0.3) is 0 Å². The van der Waals surface area contributed by atoms with Crippen molar-refractivity contribution in [1.29, 1.82) is 0 Å². The molecule has 0 nitrogen and oxygen atoms in total. The Labute approximate surface area is 65.5 Å². The second-order valence-electron chi connectivity index (χ2n) is 2.50. The summed E-state index contributed by atoms with van der Waals surface area (Å²) in [6.07, 6.45) is 0. The van der Waals surface area contributed by atoms with Gasteiger partial charge < -0.3 is 0 Å². The van der Waals surface area contributed by atoms with Gasteiger partial charge in [-0.05, 0) is 45.9 Å². The molecule has 0 radical (unpaired) electrons. The van der Waals surface area contributed by atoms with E-state index in [-0.39, 0.29) is 0 Å². The Hall–Kier alpha value is 0.470. The maximum atomic E-state index is 2.40. The van der Waals surface area contributed by atoms with Crippen LogP contribution in [0.2, 0.25) is 0 Å². The SMILES string of the molecule is CC(C)=C(I)C(C)C. The van der Waals surface area contributed by atoms with E-state index in [0.29, 0.717) is 5.92 Å². The molecule has 0 amide bonds. The molecular formula is C7H13I. The van der Waals surface area contributed by atoms with Crippen LogP contribution in [0.5, 0.6) is 0 Å². The Bertz CT molecular complexity index is 97.0. The second-order valence-corrected chi connectivity index (χ2v) is 3.66. The van der Waals surface area contributed by atoms with E-state index in [1.54, 1.807) is 0 Å². The standard InChI is InChI=1S/C7H13I/c1-5(2)7(8)6(3)4/h5H,1-4H3. The van der Waals surface area contributed by atoms with E-state index in [0.717, 1.165) is 0 Å². The first-order valence-corrected chi connectivity index (χ1v) is 3.96. The first-order valence-electron chi connectivity index (χ1n) is 2.88. The maximum Gasteiger partial charge on any atom is -0.00821 e. The summed E-state index contributed by atoms with van der Waals surface area (Å²) in [5.41, 5.74) is 1.45. The monoisotopic (exact) mass is 224 g/mol. The van der Waals surface area contributed by atoms with Gasteiger partial charge in [0, 0.05) is 0 Å². The highest BCUT2D eigenvalue weighted by Crippen LogP contribution is 2.20. The summed E-state index contributed by atoms with van der Waals surface area (Å²) < 4.78 is 1.49. The maximum absolute atomic E-state index is 2.40. The van der Waals surface area contributed by atoms with E-state index in [1.807, 2.05) is 0 Å². The second kappa shape index (κ2) is 3.49. The largest absolute Gasteiger partial charge is 0.0669 e. The Kier molecular flexibility index (Phi) is 3.69. The van der Waals surface area contributed by atoms with Crippen molar-refractivity contribution in [2.75, 3.05) is 0 Å². The van der Waals surface area contributed by atoms with Gasteiger partial charge in [0.05, 0.1) is 0 Å². The molecule has 0 rings (SSSR count). The van der Waals surface area contributed by atoms with Crippen LogP contribution in [0, 0.1) is 5.92 Å². The third-order valence-corrected chi connectivity index (χ3v) is 3.31. The highest BCUT2D eigenvalue weighted by Gasteiger charge is 1.97. The van der Waals surface area contributed by atoms with Crippen LogP contribution in [-0.4, -0.2) is 0 Å². The highest BCUT2D eigenvalue weighted by molar-refractivity contribution is 14.1. The van der Waals surface area contributed by atoms with Gasteiger partial charge in [0.1, 0.15) is 0 Å². The van der Waals surface area contributed by atoms with E-state index < -0.39 is 0 Å².